The van der Waals surface area contributed by atoms with Gasteiger partial charge in [-0.15, -0.1) is 0 Å². The number of esters is 2. The van der Waals surface area contributed by atoms with E-state index >= 15 is 0 Å². The van der Waals surface area contributed by atoms with Crippen molar-refractivity contribution in [1.82, 2.24) is 0 Å². The highest BCUT2D eigenvalue weighted by Crippen LogP contribution is 2.15. The topological polar surface area (TPSA) is 61.8 Å². The van der Waals surface area contributed by atoms with E-state index in [1.54, 1.807) is 0 Å². The van der Waals surface area contributed by atoms with Crippen LogP contribution in [0.2, 0.25) is 0 Å². The SMILES string of the molecule is CCCCCCCCCCCCCCCC(=O)OCC(COCCCCCCCCCC)OC(=O)CCCCCCCCCCCCCCC. The molecule has 0 aliphatic heterocycles. The van der Waals surface area contributed by atoms with E-state index in [-0.39, 0.29) is 18.5 Å². The number of hydrogen-bond acceptors (Lipinski definition) is 5. The van der Waals surface area contributed by atoms with E-state index in [1.807, 2.05) is 0 Å². The Balaban J connectivity index is 4.14. The van der Waals surface area contributed by atoms with Crippen LogP contribution in [-0.2, 0) is 23.8 Å². The Morgan fingerprint density at radius 1 is 0.360 bits per heavy atom. The minimum atomic E-state index is -0.519. The lowest BCUT2D eigenvalue weighted by Crippen LogP contribution is -2.30. The average Bonchev–Trinajstić information content (AvgIpc) is 3.11. The van der Waals surface area contributed by atoms with E-state index in [0.29, 0.717) is 26.1 Å². The van der Waals surface area contributed by atoms with Gasteiger partial charge < -0.3 is 14.2 Å². The van der Waals surface area contributed by atoms with Gasteiger partial charge in [-0.25, -0.2) is 0 Å². The Hall–Kier alpha value is -1.10. The fraction of sp³-hybridized carbons (Fsp3) is 0.956. The predicted octanol–water partition coefficient (Wildman–Crippen LogP) is 14.6. The molecule has 0 amide bonds. The van der Waals surface area contributed by atoms with Gasteiger partial charge in [0, 0.05) is 19.4 Å². The first-order chi connectivity index (χ1) is 24.6. The Morgan fingerprint density at radius 3 is 1.02 bits per heavy atom. The van der Waals surface area contributed by atoms with Gasteiger partial charge in [-0.2, -0.15) is 0 Å². The van der Waals surface area contributed by atoms with E-state index in [9.17, 15) is 9.59 Å². The van der Waals surface area contributed by atoms with Crippen LogP contribution < -0.4 is 0 Å². The van der Waals surface area contributed by atoms with Crippen molar-refractivity contribution in [3.05, 3.63) is 0 Å². The molecule has 0 saturated carbocycles. The van der Waals surface area contributed by atoms with Crippen LogP contribution in [0.3, 0.4) is 0 Å². The van der Waals surface area contributed by atoms with Crippen LogP contribution in [0.25, 0.3) is 0 Å². The van der Waals surface area contributed by atoms with E-state index in [4.69, 9.17) is 14.2 Å². The minimum Gasteiger partial charge on any atom is -0.462 e. The fourth-order valence-corrected chi connectivity index (χ4v) is 6.75. The second-order valence-electron chi connectivity index (χ2n) is 15.3. The van der Waals surface area contributed by atoms with E-state index < -0.39 is 6.10 Å². The molecule has 0 heterocycles. The van der Waals surface area contributed by atoms with Crippen LogP contribution >= 0.6 is 0 Å². The summed E-state index contributed by atoms with van der Waals surface area (Å²) in [6, 6.07) is 0. The van der Waals surface area contributed by atoms with Crippen molar-refractivity contribution >= 4 is 11.9 Å². The smallest absolute Gasteiger partial charge is 0.306 e. The summed E-state index contributed by atoms with van der Waals surface area (Å²) in [5.41, 5.74) is 0. The van der Waals surface area contributed by atoms with Crippen LogP contribution in [0, 0.1) is 0 Å². The Bertz CT molecular complexity index is 680. The van der Waals surface area contributed by atoms with Gasteiger partial charge in [0.1, 0.15) is 6.61 Å². The molecule has 0 rings (SSSR count). The molecule has 0 radical (unpaired) electrons. The molecule has 0 spiro atoms. The molecule has 0 aromatic heterocycles. The highest BCUT2D eigenvalue weighted by Gasteiger charge is 2.17. The molecule has 1 unspecified atom stereocenters. The summed E-state index contributed by atoms with van der Waals surface area (Å²) < 4.78 is 17.3. The van der Waals surface area contributed by atoms with Crippen molar-refractivity contribution in [2.24, 2.45) is 0 Å². The molecule has 0 aromatic rings. The molecular formula is C45H88O5. The molecule has 0 aliphatic carbocycles. The normalized spacial score (nSPS) is 12.0. The molecule has 0 bridgehead atoms. The molecule has 0 fully saturated rings. The van der Waals surface area contributed by atoms with Crippen LogP contribution in [0.5, 0.6) is 0 Å². The molecule has 5 heteroatoms. The standard InChI is InChI=1S/C45H88O5/c1-4-7-10-13-16-19-21-23-25-27-29-32-35-38-44(46)49-42-43(41-48-40-37-34-31-18-15-12-9-6-3)50-45(47)39-36-33-30-28-26-24-22-20-17-14-11-8-5-2/h43H,4-42H2,1-3H3. The Kier molecular flexibility index (Phi) is 41.4. The largest absolute Gasteiger partial charge is 0.462 e. The molecule has 50 heavy (non-hydrogen) atoms. The number of carbonyl (C=O) groups excluding carboxylic acids is 2. The van der Waals surface area contributed by atoms with Gasteiger partial charge in [-0.1, -0.05) is 220 Å². The molecule has 0 aromatic carbocycles. The van der Waals surface area contributed by atoms with Gasteiger partial charge in [0.25, 0.3) is 0 Å². The first-order valence-electron chi connectivity index (χ1n) is 22.6. The lowest BCUT2D eigenvalue weighted by molar-refractivity contribution is -0.163. The molecule has 1 atom stereocenters. The third-order valence-electron chi connectivity index (χ3n) is 10.1. The predicted molar refractivity (Wildman–Crippen MR) is 215 cm³/mol. The van der Waals surface area contributed by atoms with Crippen LogP contribution in [0.15, 0.2) is 0 Å². The van der Waals surface area contributed by atoms with Gasteiger partial charge in [0.15, 0.2) is 6.10 Å². The lowest BCUT2D eigenvalue weighted by atomic mass is 10.0. The summed E-state index contributed by atoms with van der Waals surface area (Å²) in [5, 5.41) is 0. The number of ether oxygens (including phenoxy) is 3. The minimum absolute atomic E-state index is 0.0963. The van der Waals surface area contributed by atoms with Crippen molar-refractivity contribution < 1.29 is 23.8 Å². The number of carbonyl (C=O) groups is 2. The third-order valence-corrected chi connectivity index (χ3v) is 10.1. The number of rotatable bonds is 42. The maximum Gasteiger partial charge on any atom is 0.306 e. The molecule has 0 N–H and O–H groups in total. The van der Waals surface area contributed by atoms with Crippen molar-refractivity contribution in [3.8, 4) is 0 Å². The lowest BCUT2D eigenvalue weighted by Gasteiger charge is -2.18. The molecule has 0 aliphatic rings. The first-order valence-corrected chi connectivity index (χ1v) is 22.6. The Labute approximate surface area is 312 Å². The zero-order valence-electron chi connectivity index (χ0n) is 34.2. The van der Waals surface area contributed by atoms with E-state index in [2.05, 4.69) is 20.8 Å². The quantitative estimate of drug-likeness (QED) is 0.0466. The van der Waals surface area contributed by atoms with E-state index in [0.717, 1.165) is 32.1 Å². The van der Waals surface area contributed by atoms with Crippen molar-refractivity contribution in [2.75, 3.05) is 19.8 Å². The number of hydrogen-bond donors (Lipinski definition) is 0. The second-order valence-corrected chi connectivity index (χ2v) is 15.3. The average molecular weight is 709 g/mol. The van der Waals surface area contributed by atoms with Gasteiger partial charge >= 0.3 is 11.9 Å². The number of unbranched alkanes of at least 4 members (excludes halogenated alkanes) is 31. The fourth-order valence-electron chi connectivity index (χ4n) is 6.75. The van der Waals surface area contributed by atoms with Gasteiger partial charge in [-0.3, -0.25) is 9.59 Å². The molecule has 298 valence electrons. The maximum atomic E-state index is 12.7. The maximum absolute atomic E-state index is 12.7. The summed E-state index contributed by atoms with van der Waals surface area (Å²) in [6.07, 6.45) is 43.8. The third kappa shape index (κ3) is 39.7. The summed E-state index contributed by atoms with van der Waals surface area (Å²) in [4.78, 5) is 25.2. The molecular weight excluding hydrogens is 620 g/mol. The highest BCUT2D eigenvalue weighted by molar-refractivity contribution is 5.70. The summed E-state index contributed by atoms with van der Waals surface area (Å²) in [7, 11) is 0. The van der Waals surface area contributed by atoms with Crippen LogP contribution in [0.1, 0.15) is 252 Å². The van der Waals surface area contributed by atoms with Gasteiger partial charge in [-0.05, 0) is 19.3 Å². The van der Waals surface area contributed by atoms with Gasteiger partial charge in [0.2, 0.25) is 0 Å². The highest BCUT2D eigenvalue weighted by atomic mass is 16.6. The second kappa shape index (κ2) is 42.3. The summed E-state index contributed by atoms with van der Waals surface area (Å²) in [5.74, 6) is -0.380. The molecule has 5 nitrogen and oxygen atoms in total. The summed E-state index contributed by atoms with van der Waals surface area (Å²) >= 11 is 0. The van der Waals surface area contributed by atoms with Crippen molar-refractivity contribution in [1.29, 1.82) is 0 Å². The van der Waals surface area contributed by atoms with Crippen molar-refractivity contribution in [2.45, 2.75) is 258 Å². The van der Waals surface area contributed by atoms with Crippen molar-refractivity contribution in [3.63, 3.8) is 0 Å². The van der Waals surface area contributed by atoms with Crippen LogP contribution in [-0.4, -0.2) is 37.9 Å². The summed E-state index contributed by atoms with van der Waals surface area (Å²) in [6.45, 7) is 7.86. The Morgan fingerprint density at radius 2 is 0.660 bits per heavy atom. The van der Waals surface area contributed by atoms with Crippen LogP contribution in [0.4, 0.5) is 0 Å². The van der Waals surface area contributed by atoms with Gasteiger partial charge in [0.05, 0.1) is 6.61 Å². The monoisotopic (exact) mass is 709 g/mol. The molecule has 0 saturated heterocycles. The first kappa shape index (κ1) is 48.9. The zero-order chi connectivity index (χ0) is 36.4. The zero-order valence-corrected chi connectivity index (χ0v) is 34.2. The van der Waals surface area contributed by atoms with E-state index in [1.165, 1.54) is 186 Å².